The van der Waals surface area contributed by atoms with Crippen LogP contribution in [0.1, 0.15) is 33.1 Å². The lowest BCUT2D eigenvalue weighted by molar-refractivity contribution is 0.368. The molecular weight excluding hydrogens is 210 g/mol. The van der Waals surface area contributed by atoms with Gasteiger partial charge in [-0.3, -0.25) is 4.98 Å². The number of hydrogen-bond acceptors (Lipinski definition) is 3. The Labute approximate surface area is 104 Å². The van der Waals surface area contributed by atoms with E-state index >= 15 is 0 Å². The quantitative estimate of drug-likeness (QED) is 0.865. The smallest absolute Gasteiger partial charge is 0.0555 e. The second kappa shape index (κ2) is 6.01. The van der Waals surface area contributed by atoms with Gasteiger partial charge < -0.3 is 10.2 Å². The monoisotopic (exact) mass is 233 g/mol. The fourth-order valence-electron chi connectivity index (χ4n) is 2.61. The van der Waals surface area contributed by atoms with E-state index in [2.05, 4.69) is 35.1 Å². The molecule has 1 aliphatic rings. The van der Waals surface area contributed by atoms with Crippen LogP contribution in [-0.2, 0) is 0 Å². The maximum atomic E-state index is 4.21. The van der Waals surface area contributed by atoms with Crippen molar-refractivity contribution in [3.05, 3.63) is 24.5 Å². The molecule has 0 bridgehead atoms. The van der Waals surface area contributed by atoms with Gasteiger partial charge in [0.15, 0.2) is 0 Å². The largest absolute Gasteiger partial charge is 0.367 e. The lowest BCUT2D eigenvalue weighted by atomic mass is 9.97. The number of nitrogens with zero attached hydrogens (tertiary/aromatic N) is 2. The van der Waals surface area contributed by atoms with Crippen LogP contribution >= 0.6 is 0 Å². The molecule has 3 heteroatoms. The molecule has 0 aromatic carbocycles. The first-order valence-electron chi connectivity index (χ1n) is 6.71. The molecule has 0 aliphatic carbocycles. The molecular formula is C14H23N3. The summed E-state index contributed by atoms with van der Waals surface area (Å²) in [6.07, 6.45) is 7.49. The van der Waals surface area contributed by atoms with Crippen LogP contribution < -0.4 is 10.2 Å². The summed E-state index contributed by atoms with van der Waals surface area (Å²) in [5, 5.41) is 3.63. The average Bonchev–Trinajstić information content (AvgIpc) is 2.37. The fraction of sp³-hybridized carbons (Fsp3) is 0.643. The lowest BCUT2D eigenvalue weighted by Crippen LogP contribution is -2.47. The summed E-state index contributed by atoms with van der Waals surface area (Å²) in [5.74, 6) is 0. The van der Waals surface area contributed by atoms with Gasteiger partial charge in [-0.25, -0.2) is 0 Å². The van der Waals surface area contributed by atoms with E-state index in [1.165, 1.54) is 24.9 Å². The molecule has 0 spiro atoms. The highest BCUT2D eigenvalue weighted by molar-refractivity contribution is 5.45. The minimum absolute atomic E-state index is 0.599. The molecule has 1 aromatic rings. The third-order valence-corrected chi connectivity index (χ3v) is 3.54. The van der Waals surface area contributed by atoms with Gasteiger partial charge in [0, 0.05) is 24.8 Å². The van der Waals surface area contributed by atoms with E-state index in [9.17, 15) is 0 Å². The zero-order valence-electron chi connectivity index (χ0n) is 10.9. The Kier molecular flexibility index (Phi) is 4.37. The van der Waals surface area contributed by atoms with Crippen LogP contribution in [0.4, 0.5) is 5.69 Å². The van der Waals surface area contributed by atoms with Gasteiger partial charge in [0.2, 0.25) is 0 Å². The number of nitrogens with one attached hydrogen (secondary N) is 1. The van der Waals surface area contributed by atoms with Crippen LogP contribution in [0.3, 0.4) is 0 Å². The maximum absolute atomic E-state index is 4.21. The fourth-order valence-corrected chi connectivity index (χ4v) is 2.61. The van der Waals surface area contributed by atoms with Crippen molar-refractivity contribution in [1.29, 1.82) is 0 Å². The van der Waals surface area contributed by atoms with E-state index in [0.717, 1.165) is 13.1 Å². The summed E-state index contributed by atoms with van der Waals surface area (Å²) < 4.78 is 0. The molecule has 94 valence electrons. The van der Waals surface area contributed by atoms with E-state index in [-0.39, 0.29) is 0 Å². The molecule has 17 heavy (non-hydrogen) atoms. The molecule has 1 saturated heterocycles. The van der Waals surface area contributed by atoms with Gasteiger partial charge in [-0.1, -0.05) is 6.92 Å². The Morgan fingerprint density at radius 1 is 1.53 bits per heavy atom. The molecule has 2 atom stereocenters. The molecule has 0 saturated carbocycles. The first-order valence-corrected chi connectivity index (χ1v) is 6.71. The number of piperidine rings is 1. The van der Waals surface area contributed by atoms with Gasteiger partial charge in [0.1, 0.15) is 0 Å². The Morgan fingerprint density at radius 3 is 3.06 bits per heavy atom. The minimum Gasteiger partial charge on any atom is -0.367 e. The topological polar surface area (TPSA) is 28.2 Å². The Hall–Kier alpha value is -1.09. The normalized spacial score (nSPS) is 24.9. The average molecular weight is 233 g/mol. The van der Waals surface area contributed by atoms with Gasteiger partial charge in [-0.15, -0.1) is 0 Å². The van der Waals surface area contributed by atoms with Crippen LogP contribution in [0.2, 0.25) is 0 Å². The van der Waals surface area contributed by atoms with E-state index in [0.29, 0.717) is 12.1 Å². The van der Waals surface area contributed by atoms with Crippen molar-refractivity contribution < 1.29 is 0 Å². The van der Waals surface area contributed by atoms with Crippen LogP contribution in [0, 0.1) is 0 Å². The molecule has 2 unspecified atom stereocenters. The third kappa shape index (κ3) is 3.19. The summed E-state index contributed by atoms with van der Waals surface area (Å²) >= 11 is 0. The predicted molar refractivity (Wildman–Crippen MR) is 72.4 cm³/mol. The first kappa shape index (κ1) is 12.4. The van der Waals surface area contributed by atoms with Gasteiger partial charge >= 0.3 is 0 Å². The van der Waals surface area contributed by atoms with Crippen molar-refractivity contribution in [1.82, 2.24) is 10.3 Å². The summed E-state index contributed by atoms with van der Waals surface area (Å²) in [6.45, 7) is 6.81. The Balaban J connectivity index is 1.92. The van der Waals surface area contributed by atoms with Crippen LogP contribution in [0.15, 0.2) is 24.5 Å². The SMILES string of the molecule is CCCNC1CCN(c2cccnc2)C(C)C1. The van der Waals surface area contributed by atoms with E-state index < -0.39 is 0 Å². The molecule has 2 rings (SSSR count). The number of hydrogen-bond donors (Lipinski definition) is 1. The second-order valence-corrected chi connectivity index (χ2v) is 4.93. The minimum atomic E-state index is 0.599. The van der Waals surface area contributed by atoms with Crippen molar-refractivity contribution >= 4 is 5.69 Å². The van der Waals surface area contributed by atoms with Crippen LogP contribution in [-0.4, -0.2) is 30.2 Å². The molecule has 1 aliphatic heterocycles. The first-order chi connectivity index (χ1) is 8.31. The molecule has 2 heterocycles. The summed E-state index contributed by atoms with van der Waals surface area (Å²) in [6, 6.07) is 5.47. The number of pyridine rings is 1. The lowest BCUT2D eigenvalue weighted by Gasteiger charge is -2.39. The maximum Gasteiger partial charge on any atom is 0.0555 e. The number of rotatable bonds is 4. The molecule has 1 fully saturated rings. The van der Waals surface area contributed by atoms with Gasteiger partial charge in [0.25, 0.3) is 0 Å². The highest BCUT2D eigenvalue weighted by atomic mass is 15.2. The predicted octanol–water partition coefficient (Wildman–Crippen LogP) is 2.44. The summed E-state index contributed by atoms with van der Waals surface area (Å²) in [4.78, 5) is 6.68. The highest BCUT2D eigenvalue weighted by Gasteiger charge is 2.24. The molecule has 3 nitrogen and oxygen atoms in total. The summed E-state index contributed by atoms with van der Waals surface area (Å²) in [5.41, 5.74) is 1.26. The number of anilines is 1. The van der Waals surface area contributed by atoms with Gasteiger partial charge in [-0.05, 0) is 44.9 Å². The molecule has 0 amide bonds. The third-order valence-electron chi connectivity index (χ3n) is 3.54. The van der Waals surface area contributed by atoms with E-state index in [4.69, 9.17) is 0 Å². The van der Waals surface area contributed by atoms with E-state index in [1.54, 1.807) is 0 Å². The van der Waals surface area contributed by atoms with Crippen molar-refractivity contribution in [3.63, 3.8) is 0 Å². The zero-order chi connectivity index (χ0) is 12.1. The van der Waals surface area contributed by atoms with Crippen molar-refractivity contribution in [2.75, 3.05) is 18.0 Å². The molecule has 1 aromatic heterocycles. The van der Waals surface area contributed by atoms with Crippen molar-refractivity contribution in [2.45, 2.75) is 45.2 Å². The van der Waals surface area contributed by atoms with Gasteiger partial charge in [-0.2, -0.15) is 0 Å². The van der Waals surface area contributed by atoms with Crippen LogP contribution in [0.5, 0.6) is 0 Å². The van der Waals surface area contributed by atoms with E-state index in [1.807, 2.05) is 18.5 Å². The molecule has 1 N–H and O–H groups in total. The second-order valence-electron chi connectivity index (χ2n) is 4.93. The Morgan fingerprint density at radius 2 is 2.41 bits per heavy atom. The molecule has 0 radical (unpaired) electrons. The zero-order valence-corrected chi connectivity index (χ0v) is 10.9. The Bertz CT molecular complexity index is 325. The summed E-state index contributed by atoms with van der Waals surface area (Å²) in [7, 11) is 0. The standard InChI is InChI=1S/C14H23N3/c1-3-7-16-13-6-9-17(12(2)10-13)14-5-4-8-15-11-14/h4-5,8,11-13,16H,3,6-7,9-10H2,1-2H3. The number of aromatic nitrogens is 1. The van der Waals surface area contributed by atoms with Crippen molar-refractivity contribution in [3.8, 4) is 0 Å². The van der Waals surface area contributed by atoms with Crippen molar-refractivity contribution in [2.24, 2.45) is 0 Å². The van der Waals surface area contributed by atoms with Gasteiger partial charge in [0.05, 0.1) is 11.9 Å². The van der Waals surface area contributed by atoms with Crippen LogP contribution in [0.25, 0.3) is 0 Å². The highest BCUT2D eigenvalue weighted by Crippen LogP contribution is 2.23.